The van der Waals surface area contributed by atoms with Gasteiger partial charge in [-0.1, -0.05) is 54.4 Å². The van der Waals surface area contributed by atoms with E-state index in [1.807, 2.05) is 72.4 Å². The first kappa shape index (κ1) is 35.2. The van der Waals surface area contributed by atoms with E-state index in [9.17, 15) is 4.79 Å². The van der Waals surface area contributed by atoms with E-state index in [1.54, 1.807) is 27.7 Å². The number of nitrogens with zero attached hydrogens (tertiary/aromatic N) is 7. The largest absolute Gasteiger partial charge is 0.491 e. The van der Waals surface area contributed by atoms with Crippen molar-refractivity contribution in [1.29, 1.82) is 0 Å². The van der Waals surface area contributed by atoms with Gasteiger partial charge in [0.1, 0.15) is 31.3 Å². The Bertz CT molecular complexity index is 2250. The van der Waals surface area contributed by atoms with Gasteiger partial charge in [0.05, 0.1) is 35.1 Å². The van der Waals surface area contributed by atoms with Crippen molar-refractivity contribution in [3.63, 3.8) is 0 Å². The van der Waals surface area contributed by atoms with Crippen LogP contribution in [-0.2, 0) is 21.8 Å². The van der Waals surface area contributed by atoms with Crippen LogP contribution in [0.1, 0.15) is 31.9 Å². The highest BCUT2D eigenvalue weighted by atomic mass is 35.5. The lowest BCUT2D eigenvalue weighted by Gasteiger charge is -2.37. The molecule has 0 aliphatic carbocycles. The Hall–Kier alpha value is -4.81. The number of aromatic nitrogens is 5. The van der Waals surface area contributed by atoms with E-state index in [0.717, 1.165) is 66.3 Å². The Labute approximate surface area is 317 Å². The number of rotatable bonds is 11. The fraction of sp³-hybridized carbons (Fsp3) is 0.325. The summed E-state index contributed by atoms with van der Waals surface area (Å²) in [6.45, 7) is 8.53. The van der Waals surface area contributed by atoms with Crippen LogP contribution in [0.5, 0.6) is 5.75 Å². The van der Waals surface area contributed by atoms with Gasteiger partial charge in [-0.05, 0) is 80.1 Å². The third-order valence-corrected chi connectivity index (χ3v) is 10.8. The van der Waals surface area contributed by atoms with Gasteiger partial charge < -0.3 is 24.0 Å². The number of hydrogen-bond acceptors (Lipinski definition) is 8. The van der Waals surface area contributed by atoms with Crippen LogP contribution in [0.4, 0.5) is 11.4 Å². The van der Waals surface area contributed by atoms with Crippen molar-refractivity contribution in [3.05, 3.63) is 130 Å². The Morgan fingerprint density at radius 2 is 1.57 bits per heavy atom. The number of para-hydroxylation sites is 1. The summed E-state index contributed by atoms with van der Waals surface area (Å²) in [5, 5.41) is 11.0. The minimum Gasteiger partial charge on any atom is -0.491 e. The number of benzene rings is 4. The van der Waals surface area contributed by atoms with Gasteiger partial charge in [-0.25, -0.2) is 14.0 Å². The summed E-state index contributed by atoms with van der Waals surface area (Å²) in [5.74, 6) is -0.417. The van der Waals surface area contributed by atoms with Crippen molar-refractivity contribution < 1.29 is 14.2 Å². The van der Waals surface area contributed by atoms with Crippen LogP contribution in [0.15, 0.2) is 108 Å². The van der Waals surface area contributed by atoms with Crippen molar-refractivity contribution in [2.45, 2.75) is 44.7 Å². The highest BCUT2D eigenvalue weighted by molar-refractivity contribution is 6.35. The van der Waals surface area contributed by atoms with Gasteiger partial charge in [-0.3, -0.25) is 4.68 Å². The van der Waals surface area contributed by atoms with Gasteiger partial charge in [0.15, 0.2) is 0 Å². The van der Waals surface area contributed by atoms with E-state index in [0.29, 0.717) is 35.4 Å². The van der Waals surface area contributed by atoms with Crippen molar-refractivity contribution in [3.8, 4) is 11.4 Å². The normalized spacial score (nSPS) is 19.6. The number of hydrogen-bond donors (Lipinski definition) is 0. The van der Waals surface area contributed by atoms with E-state index in [1.165, 1.54) is 0 Å². The Balaban J connectivity index is 0.872. The molecule has 6 aromatic rings. The van der Waals surface area contributed by atoms with E-state index in [2.05, 4.69) is 51.2 Å². The maximum absolute atomic E-state index is 12.8. The molecule has 2 aliphatic heterocycles. The Morgan fingerprint density at radius 3 is 2.26 bits per heavy atom. The first-order valence-corrected chi connectivity index (χ1v) is 18.7. The second-order valence-electron chi connectivity index (χ2n) is 13.6. The maximum atomic E-state index is 12.8. The fourth-order valence-corrected chi connectivity index (χ4v) is 7.61. The lowest BCUT2D eigenvalue weighted by molar-refractivity contribution is -0.190. The van der Waals surface area contributed by atoms with E-state index < -0.39 is 5.79 Å². The van der Waals surface area contributed by atoms with Crippen LogP contribution in [0.2, 0.25) is 10.0 Å². The molecule has 4 heterocycles. The standard InChI is InChI=1S/C40H41Cl2N7O4/c1-3-28(2)49-39(50)47(27-44-49)33-11-9-31(10-12-33)45-18-20-46(21-19-45)32-13-15-34(16-14-32)51-24-35-25-52-40(53-35,36-17-8-30(41)22-37(36)42)26-48-38-7-5-4-6-29(38)23-43-48/h4-17,22-23,27-28,35H,3,18-21,24-26H2,1-2H3/t28?,35-,40-/m1/s1. The summed E-state index contributed by atoms with van der Waals surface area (Å²) in [6.07, 6.45) is 3.95. The average molecular weight is 755 g/mol. The topological polar surface area (TPSA) is 91.8 Å². The zero-order chi connectivity index (χ0) is 36.5. The molecule has 0 spiro atoms. The smallest absolute Gasteiger partial charge is 0.350 e. The molecular formula is C40H41Cl2N7O4. The van der Waals surface area contributed by atoms with Crippen molar-refractivity contribution >= 4 is 45.5 Å². The first-order chi connectivity index (χ1) is 25.8. The lowest BCUT2D eigenvalue weighted by atomic mass is 10.1. The molecule has 2 aliphatic rings. The summed E-state index contributed by atoms with van der Waals surface area (Å²) >= 11 is 13.0. The van der Waals surface area contributed by atoms with Crippen LogP contribution in [0.3, 0.4) is 0 Å². The molecule has 274 valence electrons. The molecular weight excluding hydrogens is 713 g/mol. The molecule has 53 heavy (non-hydrogen) atoms. The highest BCUT2D eigenvalue weighted by Gasteiger charge is 2.46. The number of piperazine rings is 1. The molecule has 1 unspecified atom stereocenters. The van der Waals surface area contributed by atoms with Crippen molar-refractivity contribution in [2.24, 2.45) is 0 Å². The molecule has 4 aromatic carbocycles. The second kappa shape index (κ2) is 14.9. The molecule has 0 amide bonds. The van der Waals surface area contributed by atoms with Crippen LogP contribution in [0, 0.1) is 0 Å². The van der Waals surface area contributed by atoms with Gasteiger partial charge in [0.25, 0.3) is 0 Å². The molecule has 0 radical (unpaired) electrons. The van der Waals surface area contributed by atoms with Crippen LogP contribution in [-0.4, -0.2) is 69.6 Å². The predicted molar refractivity (Wildman–Crippen MR) is 208 cm³/mol. The first-order valence-electron chi connectivity index (χ1n) is 18.0. The molecule has 2 aromatic heterocycles. The van der Waals surface area contributed by atoms with Crippen LogP contribution < -0.4 is 20.2 Å². The number of fused-ring (bicyclic) bond motifs is 1. The van der Waals surface area contributed by atoms with Gasteiger partial charge >= 0.3 is 5.69 Å². The van der Waals surface area contributed by atoms with Crippen LogP contribution in [0.25, 0.3) is 16.6 Å². The molecule has 0 saturated carbocycles. The van der Waals surface area contributed by atoms with E-state index in [-0.39, 0.29) is 17.8 Å². The molecule has 8 rings (SSSR count). The third-order valence-electron chi connectivity index (χ3n) is 10.2. The van der Waals surface area contributed by atoms with Gasteiger partial charge in [-0.2, -0.15) is 10.2 Å². The molecule has 11 nitrogen and oxygen atoms in total. The predicted octanol–water partition coefficient (Wildman–Crippen LogP) is 7.34. The average Bonchev–Trinajstić information content (AvgIpc) is 3.91. The van der Waals surface area contributed by atoms with Gasteiger partial charge in [0.2, 0.25) is 5.79 Å². The summed E-state index contributed by atoms with van der Waals surface area (Å²) < 4.78 is 24.3. The van der Waals surface area contributed by atoms with Crippen LogP contribution >= 0.6 is 23.2 Å². The van der Waals surface area contributed by atoms with Crippen molar-refractivity contribution in [2.75, 3.05) is 49.2 Å². The summed E-state index contributed by atoms with van der Waals surface area (Å²) in [4.78, 5) is 17.6. The number of anilines is 2. The van der Waals surface area contributed by atoms with Gasteiger partial charge in [0, 0.05) is 53.5 Å². The van der Waals surface area contributed by atoms with Crippen molar-refractivity contribution in [1.82, 2.24) is 24.1 Å². The van der Waals surface area contributed by atoms with E-state index in [4.69, 9.17) is 37.4 Å². The number of halogens is 2. The summed E-state index contributed by atoms with van der Waals surface area (Å²) in [7, 11) is 0. The Morgan fingerprint density at radius 1 is 0.887 bits per heavy atom. The molecule has 0 N–H and O–H groups in total. The SMILES string of the molecule is CCC(C)n1ncn(-c2ccc(N3CCN(c4ccc(OC[C@@H]5CO[C@@](Cn6ncc7ccccc76)(c6ccc(Cl)cc6Cl)O5)cc4)CC3)cc2)c1=O. The quantitative estimate of drug-likeness (QED) is 0.136. The Kier molecular flexibility index (Phi) is 9.91. The van der Waals surface area contributed by atoms with E-state index >= 15 is 0 Å². The highest BCUT2D eigenvalue weighted by Crippen LogP contribution is 2.41. The third kappa shape index (κ3) is 7.14. The van der Waals surface area contributed by atoms with Gasteiger partial charge in [-0.15, -0.1) is 0 Å². The molecule has 3 atom stereocenters. The summed E-state index contributed by atoms with van der Waals surface area (Å²) in [6, 6.07) is 29.8. The minimum absolute atomic E-state index is 0.0632. The summed E-state index contributed by atoms with van der Waals surface area (Å²) in [5.41, 5.74) is 4.64. The molecule has 13 heteroatoms. The zero-order valence-electron chi connectivity index (χ0n) is 29.6. The minimum atomic E-state index is -1.17. The lowest BCUT2D eigenvalue weighted by Crippen LogP contribution is -2.46. The fourth-order valence-electron chi connectivity index (χ4n) is 7.06. The monoisotopic (exact) mass is 753 g/mol. The zero-order valence-corrected chi connectivity index (χ0v) is 31.2. The maximum Gasteiger partial charge on any atom is 0.350 e. The second-order valence-corrected chi connectivity index (χ2v) is 14.4. The molecule has 2 saturated heterocycles. The number of ether oxygens (including phenoxy) is 3. The molecule has 2 fully saturated rings. The molecule has 0 bridgehead atoms.